The molecule has 0 bridgehead atoms. The Hall–Kier alpha value is -3.06. The van der Waals surface area contributed by atoms with Crippen molar-refractivity contribution < 1.29 is 28.6 Å². The zero-order valence-corrected chi connectivity index (χ0v) is 16.2. The molecule has 0 radical (unpaired) electrons. The molecule has 0 heterocycles. The number of esters is 2. The second-order valence-electron chi connectivity index (χ2n) is 5.96. The zero-order chi connectivity index (χ0) is 20.5. The molecule has 0 saturated heterocycles. The van der Waals surface area contributed by atoms with Gasteiger partial charge in [-0.05, 0) is 50.2 Å². The molecular weight excluding hydrogens is 386 g/mol. The first-order chi connectivity index (χ1) is 13.3. The lowest BCUT2D eigenvalue weighted by atomic mass is 10.2. The van der Waals surface area contributed by atoms with Crippen LogP contribution < -0.4 is 10.1 Å². The number of anilines is 1. The Morgan fingerprint density at radius 1 is 1.00 bits per heavy atom. The highest BCUT2D eigenvalue weighted by Crippen LogP contribution is 2.22. The van der Waals surface area contributed by atoms with Gasteiger partial charge in [0.1, 0.15) is 5.75 Å². The number of para-hydroxylation sites is 1. The maximum Gasteiger partial charge on any atom is 0.344 e. The van der Waals surface area contributed by atoms with Gasteiger partial charge < -0.3 is 19.5 Å². The minimum absolute atomic E-state index is 0.219. The summed E-state index contributed by atoms with van der Waals surface area (Å²) in [5, 5.41) is 2.93. The number of halogens is 1. The normalized spacial score (nSPS) is 10.3. The van der Waals surface area contributed by atoms with E-state index in [4.69, 9.17) is 25.8 Å². The third kappa shape index (κ3) is 6.92. The summed E-state index contributed by atoms with van der Waals surface area (Å²) in [6.45, 7) is 2.67. The third-order valence-corrected chi connectivity index (χ3v) is 3.61. The van der Waals surface area contributed by atoms with Crippen molar-refractivity contribution in [1.29, 1.82) is 0 Å². The Kier molecular flexibility index (Phi) is 7.83. The van der Waals surface area contributed by atoms with E-state index in [1.807, 2.05) is 0 Å². The lowest BCUT2D eigenvalue weighted by Gasteiger charge is -2.10. The van der Waals surface area contributed by atoms with Crippen molar-refractivity contribution in [3.63, 3.8) is 0 Å². The van der Waals surface area contributed by atoms with Crippen LogP contribution in [0.3, 0.4) is 0 Å². The maximum absolute atomic E-state index is 11.9. The molecule has 0 fully saturated rings. The van der Waals surface area contributed by atoms with Crippen LogP contribution in [-0.2, 0) is 19.1 Å². The number of carbonyl (C=O) groups excluding carboxylic acids is 3. The van der Waals surface area contributed by atoms with E-state index in [9.17, 15) is 14.4 Å². The average molecular weight is 406 g/mol. The minimum Gasteiger partial charge on any atom is -0.480 e. The fourth-order valence-corrected chi connectivity index (χ4v) is 2.25. The summed E-state index contributed by atoms with van der Waals surface area (Å²) < 4.78 is 15.2. The van der Waals surface area contributed by atoms with Crippen LogP contribution in [0.4, 0.5) is 5.69 Å². The molecule has 0 aliphatic heterocycles. The fourth-order valence-electron chi connectivity index (χ4n) is 2.06. The molecule has 148 valence electrons. The maximum atomic E-state index is 11.9. The van der Waals surface area contributed by atoms with Gasteiger partial charge >= 0.3 is 11.9 Å². The van der Waals surface area contributed by atoms with Crippen molar-refractivity contribution >= 4 is 35.1 Å². The molecule has 0 saturated carbocycles. The van der Waals surface area contributed by atoms with E-state index in [-0.39, 0.29) is 12.7 Å². The number of ether oxygens (including phenoxy) is 3. The zero-order valence-electron chi connectivity index (χ0n) is 15.4. The highest BCUT2D eigenvalue weighted by Gasteiger charge is 2.12. The predicted octanol–water partition coefficient (Wildman–Crippen LogP) is 3.47. The van der Waals surface area contributed by atoms with Crippen molar-refractivity contribution in [1.82, 2.24) is 0 Å². The topological polar surface area (TPSA) is 90.9 Å². The lowest BCUT2D eigenvalue weighted by Crippen LogP contribution is -2.23. The van der Waals surface area contributed by atoms with E-state index in [1.165, 1.54) is 12.1 Å². The molecule has 0 aliphatic carbocycles. The summed E-state index contributed by atoms with van der Waals surface area (Å²) in [4.78, 5) is 35.3. The van der Waals surface area contributed by atoms with Crippen LogP contribution in [0.5, 0.6) is 5.75 Å². The SMILES string of the molecule is CC(C)OC(=O)c1ccc(NC(=O)COC(=O)COc2ccccc2Cl)cc1. The van der Waals surface area contributed by atoms with Gasteiger partial charge in [0.25, 0.3) is 5.91 Å². The van der Waals surface area contributed by atoms with Crippen molar-refractivity contribution in [3.05, 3.63) is 59.1 Å². The van der Waals surface area contributed by atoms with Gasteiger partial charge in [-0.1, -0.05) is 23.7 Å². The minimum atomic E-state index is -0.707. The highest BCUT2D eigenvalue weighted by atomic mass is 35.5. The highest BCUT2D eigenvalue weighted by molar-refractivity contribution is 6.32. The molecular formula is C20H20ClNO6. The standard InChI is InChI=1S/C20H20ClNO6/c1-13(2)28-20(25)14-7-9-15(10-8-14)22-18(23)11-27-19(24)12-26-17-6-4-3-5-16(17)21/h3-10,13H,11-12H2,1-2H3,(H,22,23). The summed E-state index contributed by atoms with van der Waals surface area (Å²) in [5.74, 6) is -1.33. The molecule has 8 heteroatoms. The summed E-state index contributed by atoms with van der Waals surface area (Å²) in [7, 11) is 0. The van der Waals surface area contributed by atoms with Crippen LogP contribution >= 0.6 is 11.6 Å². The van der Waals surface area contributed by atoms with E-state index in [1.54, 1.807) is 50.2 Å². The number of nitrogens with one attached hydrogen (secondary N) is 1. The van der Waals surface area contributed by atoms with Gasteiger partial charge in [-0.3, -0.25) is 4.79 Å². The van der Waals surface area contributed by atoms with E-state index in [0.717, 1.165) is 0 Å². The third-order valence-electron chi connectivity index (χ3n) is 3.29. The molecule has 0 unspecified atom stereocenters. The van der Waals surface area contributed by atoms with Gasteiger partial charge in [-0.25, -0.2) is 9.59 Å². The Morgan fingerprint density at radius 2 is 1.68 bits per heavy atom. The first kappa shape index (κ1) is 21.2. The van der Waals surface area contributed by atoms with E-state index >= 15 is 0 Å². The van der Waals surface area contributed by atoms with Crippen LogP contribution in [0, 0.1) is 0 Å². The summed E-state index contributed by atoms with van der Waals surface area (Å²) >= 11 is 5.91. The Balaban J connectivity index is 1.75. The van der Waals surface area contributed by atoms with Gasteiger partial charge in [0.15, 0.2) is 13.2 Å². The van der Waals surface area contributed by atoms with Gasteiger partial charge in [0.2, 0.25) is 0 Å². The van der Waals surface area contributed by atoms with Crippen molar-refractivity contribution in [2.24, 2.45) is 0 Å². The predicted molar refractivity (Wildman–Crippen MR) is 104 cm³/mol. The number of amides is 1. The second-order valence-corrected chi connectivity index (χ2v) is 6.37. The molecule has 1 amide bonds. The molecule has 0 aromatic heterocycles. The molecule has 2 aromatic carbocycles. The van der Waals surface area contributed by atoms with Crippen molar-refractivity contribution in [2.75, 3.05) is 18.5 Å². The fraction of sp³-hybridized carbons (Fsp3) is 0.250. The molecule has 7 nitrogen and oxygen atoms in total. The van der Waals surface area contributed by atoms with Crippen LogP contribution in [0.25, 0.3) is 0 Å². The van der Waals surface area contributed by atoms with E-state index in [2.05, 4.69) is 5.32 Å². The average Bonchev–Trinajstić information content (AvgIpc) is 2.65. The summed E-state index contributed by atoms with van der Waals surface area (Å²) in [6.07, 6.45) is -0.219. The van der Waals surface area contributed by atoms with Crippen LogP contribution in [0.2, 0.25) is 5.02 Å². The number of hydrogen-bond donors (Lipinski definition) is 1. The number of rotatable bonds is 8. The van der Waals surface area contributed by atoms with Crippen molar-refractivity contribution in [2.45, 2.75) is 20.0 Å². The van der Waals surface area contributed by atoms with Crippen molar-refractivity contribution in [3.8, 4) is 5.75 Å². The Bertz CT molecular complexity index is 835. The Morgan fingerprint density at radius 3 is 2.32 bits per heavy atom. The first-order valence-electron chi connectivity index (χ1n) is 8.49. The summed E-state index contributed by atoms with van der Waals surface area (Å²) in [6, 6.07) is 12.9. The van der Waals surface area contributed by atoms with Crippen LogP contribution in [0.15, 0.2) is 48.5 Å². The largest absolute Gasteiger partial charge is 0.480 e. The van der Waals surface area contributed by atoms with Crippen LogP contribution in [0.1, 0.15) is 24.2 Å². The first-order valence-corrected chi connectivity index (χ1v) is 8.87. The molecule has 0 atom stereocenters. The van der Waals surface area contributed by atoms with Gasteiger partial charge in [-0.15, -0.1) is 0 Å². The number of hydrogen-bond acceptors (Lipinski definition) is 6. The summed E-state index contributed by atoms with van der Waals surface area (Å²) in [5.41, 5.74) is 0.823. The second kappa shape index (κ2) is 10.3. The quantitative estimate of drug-likeness (QED) is 0.676. The van der Waals surface area contributed by atoms with Gasteiger partial charge in [-0.2, -0.15) is 0 Å². The monoisotopic (exact) mass is 405 g/mol. The molecule has 0 spiro atoms. The lowest BCUT2D eigenvalue weighted by molar-refractivity contribution is -0.149. The number of benzene rings is 2. The molecule has 0 aliphatic rings. The van der Waals surface area contributed by atoms with E-state index in [0.29, 0.717) is 22.0 Å². The van der Waals surface area contributed by atoms with Gasteiger partial charge in [0.05, 0.1) is 16.7 Å². The molecule has 1 N–H and O–H groups in total. The van der Waals surface area contributed by atoms with E-state index < -0.39 is 24.5 Å². The Labute approximate surface area is 167 Å². The smallest absolute Gasteiger partial charge is 0.344 e. The number of carbonyl (C=O) groups is 3. The van der Waals surface area contributed by atoms with Crippen LogP contribution in [-0.4, -0.2) is 37.2 Å². The molecule has 2 rings (SSSR count). The molecule has 2 aromatic rings. The van der Waals surface area contributed by atoms with Gasteiger partial charge in [0, 0.05) is 5.69 Å². The molecule has 28 heavy (non-hydrogen) atoms.